The number of benzene rings is 2. The second-order valence-corrected chi connectivity index (χ2v) is 11.5. The van der Waals surface area contributed by atoms with E-state index in [0.29, 0.717) is 0 Å². The van der Waals surface area contributed by atoms with Gasteiger partial charge in [0, 0.05) is 74.3 Å². The molecular weight excluding hydrogens is 504 g/mol. The van der Waals surface area contributed by atoms with Gasteiger partial charge in [-0.05, 0) is 69.2 Å². The lowest BCUT2D eigenvalue weighted by Gasteiger charge is -2.36. The largest absolute Gasteiger partial charge is 0.456 e. The number of ether oxygens (including phenoxy) is 1. The number of unbranched alkanes of at least 4 members (excludes halogenated alkanes) is 1. The average Bonchev–Trinajstić information content (AvgIpc) is 3.01. The Morgan fingerprint density at radius 1 is 0.829 bits per heavy atom. The molecule has 41 heavy (non-hydrogen) atoms. The highest BCUT2D eigenvalue weighted by molar-refractivity contribution is 5.92. The highest BCUT2D eigenvalue weighted by atomic mass is 16.5. The highest BCUT2D eigenvalue weighted by Gasteiger charge is 2.30. The van der Waals surface area contributed by atoms with E-state index in [1.165, 1.54) is 66.0 Å². The lowest BCUT2D eigenvalue weighted by Crippen LogP contribution is -2.46. The van der Waals surface area contributed by atoms with Gasteiger partial charge in [-0.3, -0.25) is 9.80 Å². The fourth-order valence-corrected chi connectivity index (χ4v) is 6.58. The molecule has 5 heteroatoms. The Bertz CT molecular complexity index is 1260. The molecule has 3 aliphatic rings. The molecule has 0 spiro atoms. The van der Waals surface area contributed by atoms with Crippen molar-refractivity contribution >= 4 is 11.3 Å². The molecule has 0 N–H and O–H groups in total. The van der Waals surface area contributed by atoms with Crippen LogP contribution in [0.15, 0.2) is 72.0 Å². The van der Waals surface area contributed by atoms with Gasteiger partial charge in [0.05, 0.1) is 6.04 Å². The number of anilines is 1. The number of hydrogen-bond acceptors (Lipinski definition) is 5. The van der Waals surface area contributed by atoms with Crippen LogP contribution in [0.5, 0.6) is 5.75 Å². The maximum atomic E-state index is 6.75. The van der Waals surface area contributed by atoms with Crippen molar-refractivity contribution < 1.29 is 4.74 Å². The number of hydrogen-bond donors (Lipinski definition) is 0. The summed E-state index contributed by atoms with van der Waals surface area (Å²) >= 11 is 0. The van der Waals surface area contributed by atoms with Gasteiger partial charge in [0.2, 0.25) is 0 Å². The summed E-state index contributed by atoms with van der Waals surface area (Å²) in [6.07, 6.45) is 9.57. The van der Waals surface area contributed by atoms with Crippen molar-refractivity contribution in [3.05, 3.63) is 88.7 Å². The number of piperazine rings is 1. The molecule has 0 amide bonds. The fraction of sp³-hybridized carbons (Fsp3) is 0.500. The first-order valence-corrected chi connectivity index (χ1v) is 16.1. The maximum Gasteiger partial charge on any atom is 0.137 e. The van der Waals surface area contributed by atoms with Crippen LogP contribution in [0, 0.1) is 0 Å². The maximum absolute atomic E-state index is 6.75. The van der Waals surface area contributed by atoms with Crippen LogP contribution >= 0.6 is 0 Å². The SMILES string of the molecule is CCCCN1CCN(Cc2ccccc2C2=C3C=CC(N(CC)CC)C=C3Oc3cc(N(CC)CC)ccc32)CC1. The second kappa shape index (κ2) is 13.9. The summed E-state index contributed by atoms with van der Waals surface area (Å²) in [4.78, 5) is 10.1. The highest BCUT2D eigenvalue weighted by Crippen LogP contribution is 2.45. The third-order valence-corrected chi connectivity index (χ3v) is 9.11. The van der Waals surface area contributed by atoms with Gasteiger partial charge in [-0.15, -0.1) is 0 Å². The van der Waals surface area contributed by atoms with Gasteiger partial charge >= 0.3 is 0 Å². The van der Waals surface area contributed by atoms with Crippen LogP contribution in [-0.4, -0.2) is 79.6 Å². The van der Waals surface area contributed by atoms with E-state index in [2.05, 4.69) is 115 Å². The van der Waals surface area contributed by atoms with Crippen LogP contribution in [0.4, 0.5) is 5.69 Å². The standard InChI is InChI=1S/C36H50N4O/c1-6-11-20-37-21-23-38(24-22-37)27-28-14-12-13-15-31(28)36-32-18-16-29(39(7-2)8-3)25-34(32)41-35-26-30(17-19-33(35)36)40(9-4)10-5/h12-19,25-26,29H,6-11,20-24,27H2,1-5H3. The summed E-state index contributed by atoms with van der Waals surface area (Å²) in [7, 11) is 0. The molecular formula is C36H50N4O. The van der Waals surface area contributed by atoms with Gasteiger partial charge in [-0.25, -0.2) is 0 Å². The third kappa shape index (κ3) is 6.48. The monoisotopic (exact) mass is 554 g/mol. The van der Waals surface area contributed by atoms with Crippen molar-refractivity contribution in [3.8, 4) is 5.75 Å². The lowest BCUT2D eigenvalue weighted by molar-refractivity contribution is 0.126. The fourth-order valence-electron chi connectivity index (χ4n) is 6.58. The predicted octanol–water partition coefficient (Wildman–Crippen LogP) is 6.81. The van der Waals surface area contributed by atoms with Crippen LogP contribution < -0.4 is 9.64 Å². The van der Waals surface area contributed by atoms with E-state index in [0.717, 1.165) is 57.3 Å². The van der Waals surface area contributed by atoms with E-state index in [1.54, 1.807) is 0 Å². The minimum atomic E-state index is 0.247. The van der Waals surface area contributed by atoms with Gasteiger partial charge < -0.3 is 14.5 Å². The Morgan fingerprint density at radius 3 is 2.27 bits per heavy atom. The Morgan fingerprint density at radius 2 is 1.56 bits per heavy atom. The van der Waals surface area contributed by atoms with Gasteiger partial charge in [-0.1, -0.05) is 63.6 Å². The summed E-state index contributed by atoms with van der Waals surface area (Å²) in [5.41, 5.74) is 7.64. The first kappa shape index (κ1) is 29.6. The Balaban J connectivity index is 1.53. The van der Waals surface area contributed by atoms with Crippen LogP contribution in [0.25, 0.3) is 5.57 Å². The molecule has 0 aromatic heterocycles. The molecule has 2 aliphatic heterocycles. The average molecular weight is 555 g/mol. The van der Waals surface area contributed by atoms with Crippen molar-refractivity contribution in [2.45, 2.75) is 60.0 Å². The number of allylic oxidation sites excluding steroid dienone is 1. The summed E-state index contributed by atoms with van der Waals surface area (Å²) in [5.74, 6) is 1.95. The Labute approximate surface area is 248 Å². The summed E-state index contributed by atoms with van der Waals surface area (Å²) in [5, 5.41) is 0. The van der Waals surface area contributed by atoms with Crippen molar-refractivity contribution in [3.63, 3.8) is 0 Å². The van der Waals surface area contributed by atoms with Crippen LogP contribution in [0.2, 0.25) is 0 Å². The van der Waals surface area contributed by atoms with E-state index in [4.69, 9.17) is 4.74 Å². The van der Waals surface area contributed by atoms with Crippen LogP contribution in [-0.2, 0) is 6.54 Å². The normalized spacial score (nSPS) is 19.2. The molecule has 1 unspecified atom stereocenters. The molecule has 2 aromatic rings. The number of fused-ring (bicyclic) bond motifs is 2. The number of nitrogens with zero attached hydrogens (tertiary/aromatic N) is 4. The number of likely N-dealkylation sites (N-methyl/N-ethyl adjacent to an activating group) is 1. The molecule has 2 heterocycles. The van der Waals surface area contributed by atoms with Crippen molar-refractivity contribution in [1.82, 2.24) is 14.7 Å². The topological polar surface area (TPSA) is 22.2 Å². The molecule has 5 nitrogen and oxygen atoms in total. The van der Waals surface area contributed by atoms with Gasteiger partial charge in [0.15, 0.2) is 0 Å². The third-order valence-electron chi connectivity index (χ3n) is 9.11. The van der Waals surface area contributed by atoms with Gasteiger partial charge in [0.25, 0.3) is 0 Å². The van der Waals surface area contributed by atoms with E-state index >= 15 is 0 Å². The van der Waals surface area contributed by atoms with Crippen LogP contribution in [0.1, 0.15) is 64.2 Å². The molecule has 0 saturated carbocycles. The molecule has 1 aliphatic carbocycles. The molecule has 1 fully saturated rings. The summed E-state index contributed by atoms with van der Waals surface area (Å²) < 4.78 is 6.75. The molecule has 0 radical (unpaired) electrons. The zero-order valence-corrected chi connectivity index (χ0v) is 26.0. The van der Waals surface area contributed by atoms with E-state index in [1.807, 2.05) is 0 Å². The molecule has 0 bridgehead atoms. The quantitative estimate of drug-likeness (QED) is 0.287. The molecule has 2 aromatic carbocycles. The van der Waals surface area contributed by atoms with Crippen molar-refractivity contribution in [2.24, 2.45) is 0 Å². The van der Waals surface area contributed by atoms with E-state index < -0.39 is 0 Å². The minimum Gasteiger partial charge on any atom is -0.456 e. The van der Waals surface area contributed by atoms with E-state index in [-0.39, 0.29) is 6.04 Å². The minimum absolute atomic E-state index is 0.247. The van der Waals surface area contributed by atoms with Gasteiger partial charge in [-0.2, -0.15) is 0 Å². The molecule has 220 valence electrons. The van der Waals surface area contributed by atoms with E-state index in [9.17, 15) is 0 Å². The van der Waals surface area contributed by atoms with Gasteiger partial charge in [0.1, 0.15) is 11.5 Å². The first-order valence-electron chi connectivity index (χ1n) is 16.1. The second-order valence-electron chi connectivity index (χ2n) is 11.5. The Hall–Kier alpha value is -2.86. The first-order chi connectivity index (χ1) is 20.1. The van der Waals surface area contributed by atoms with Crippen LogP contribution in [0.3, 0.4) is 0 Å². The van der Waals surface area contributed by atoms with Crippen molar-refractivity contribution in [1.29, 1.82) is 0 Å². The summed E-state index contributed by atoms with van der Waals surface area (Å²) in [6, 6.07) is 16.1. The number of rotatable bonds is 12. The molecule has 1 atom stereocenters. The lowest BCUT2D eigenvalue weighted by atomic mass is 9.84. The predicted molar refractivity (Wildman–Crippen MR) is 174 cm³/mol. The summed E-state index contributed by atoms with van der Waals surface area (Å²) in [6.45, 7) is 22.0. The smallest absolute Gasteiger partial charge is 0.137 e. The zero-order valence-electron chi connectivity index (χ0n) is 26.0. The molecule has 5 rings (SSSR count). The zero-order chi connectivity index (χ0) is 28.8. The Kier molecular flexibility index (Phi) is 10.0. The van der Waals surface area contributed by atoms with Crippen molar-refractivity contribution in [2.75, 3.05) is 63.8 Å². The molecule has 1 saturated heterocycles.